The van der Waals surface area contributed by atoms with Crippen LogP contribution in [-0.4, -0.2) is 48.7 Å². The number of aromatic carboxylic acids is 1. The predicted molar refractivity (Wildman–Crippen MR) is 92.7 cm³/mol. The molecule has 1 saturated heterocycles. The third kappa shape index (κ3) is 2.34. The predicted octanol–water partition coefficient (Wildman–Crippen LogP) is 1.02. The Kier molecular flexibility index (Phi) is 3.96. The van der Waals surface area contributed by atoms with E-state index in [1.807, 2.05) is 7.05 Å². The zero-order valence-corrected chi connectivity index (χ0v) is 15.0. The van der Waals surface area contributed by atoms with Gasteiger partial charge in [-0.1, -0.05) is 11.8 Å². The molecule has 1 atom stereocenters. The van der Waals surface area contributed by atoms with Gasteiger partial charge in [0.25, 0.3) is 0 Å². The van der Waals surface area contributed by atoms with Crippen molar-refractivity contribution in [3.05, 3.63) is 33.5 Å². The van der Waals surface area contributed by atoms with Gasteiger partial charge in [-0.2, -0.15) is 0 Å². The van der Waals surface area contributed by atoms with Crippen LogP contribution in [-0.2, 0) is 0 Å². The molecule has 0 aliphatic carbocycles. The lowest BCUT2D eigenvalue weighted by molar-refractivity contribution is -0.255. The minimum Gasteiger partial charge on any atom is -0.545 e. The SMILES string of the molecule is CC1Sc2c(C(=O)[O-])c(=O)c3cc(F)c(N4CCN(C)CC4)c(F)c3n21. The van der Waals surface area contributed by atoms with Crippen LogP contribution in [0, 0.1) is 11.6 Å². The lowest BCUT2D eigenvalue weighted by atomic mass is 10.1. The van der Waals surface area contributed by atoms with Crippen LogP contribution in [0.15, 0.2) is 15.9 Å². The number of nitrogens with zero attached hydrogens (tertiary/aromatic N) is 3. The van der Waals surface area contributed by atoms with Crippen molar-refractivity contribution in [2.75, 3.05) is 38.1 Å². The van der Waals surface area contributed by atoms with Crippen molar-refractivity contribution in [3.8, 4) is 0 Å². The smallest absolute Gasteiger partial charge is 0.199 e. The number of carboxylic acids is 1. The van der Waals surface area contributed by atoms with E-state index in [1.54, 1.807) is 11.8 Å². The van der Waals surface area contributed by atoms with Gasteiger partial charge in [0, 0.05) is 26.2 Å². The minimum atomic E-state index is -1.64. The summed E-state index contributed by atoms with van der Waals surface area (Å²) in [7, 11) is 1.94. The average Bonchev–Trinajstić information content (AvgIpc) is 2.57. The Hall–Kier alpha value is -2.13. The molecule has 0 radical (unpaired) electrons. The van der Waals surface area contributed by atoms with Gasteiger partial charge < -0.3 is 24.3 Å². The van der Waals surface area contributed by atoms with Crippen molar-refractivity contribution in [2.24, 2.45) is 0 Å². The van der Waals surface area contributed by atoms with Crippen LogP contribution in [0.2, 0.25) is 0 Å². The van der Waals surface area contributed by atoms with E-state index in [1.165, 1.54) is 4.57 Å². The second-order valence-corrected chi connectivity index (χ2v) is 7.90. The van der Waals surface area contributed by atoms with E-state index in [0.29, 0.717) is 26.2 Å². The molecule has 0 bridgehead atoms. The molecule has 138 valence electrons. The molecule has 1 fully saturated rings. The van der Waals surface area contributed by atoms with Gasteiger partial charge >= 0.3 is 0 Å². The quantitative estimate of drug-likeness (QED) is 0.775. The van der Waals surface area contributed by atoms with Gasteiger partial charge in [-0.25, -0.2) is 8.78 Å². The third-order valence-electron chi connectivity index (χ3n) is 4.98. The highest BCUT2D eigenvalue weighted by molar-refractivity contribution is 8.00. The number of rotatable bonds is 2. The first-order valence-electron chi connectivity index (χ1n) is 8.23. The topological polar surface area (TPSA) is 68.6 Å². The zero-order chi connectivity index (χ0) is 18.7. The summed E-state index contributed by atoms with van der Waals surface area (Å²) in [5, 5.41) is 11.0. The van der Waals surface area contributed by atoms with Crippen molar-refractivity contribution >= 4 is 34.3 Å². The summed E-state index contributed by atoms with van der Waals surface area (Å²) in [5.74, 6) is -3.31. The Morgan fingerprint density at radius 3 is 2.50 bits per heavy atom. The second kappa shape index (κ2) is 5.95. The van der Waals surface area contributed by atoms with Gasteiger partial charge in [0.05, 0.1) is 32.8 Å². The molecule has 1 aromatic carbocycles. The number of thioether (sulfide) groups is 1. The third-order valence-corrected chi connectivity index (χ3v) is 6.16. The molecule has 0 spiro atoms. The van der Waals surface area contributed by atoms with Gasteiger partial charge in [0.15, 0.2) is 11.2 Å². The fourth-order valence-electron chi connectivity index (χ4n) is 3.59. The number of anilines is 1. The lowest BCUT2D eigenvalue weighted by Gasteiger charge is -2.36. The Balaban J connectivity index is 2.00. The molecular weight excluding hydrogens is 364 g/mol. The van der Waals surface area contributed by atoms with E-state index < -0.39 is 28.6 Å². The molecule has 2 aromatic rings. The summed E-state index contributed by atoms with van der Waals surface area (Å²) in [6.07, 6.45) is 0. The molecule has 2 aliphatic heterocycles. The average molecular weight is 380 g/mol. The van der Waals surface area contributed by atoms with Gasteiger partial charge in [0.1, 0.15) is 11.5 Å². The number of pyridine rings is 1. The van der Waals surface area contributed by atoms with Gasteiger partial charge in [0.2, 0.25) is 0 Å². The molecule has 9 heteroatoms. The van der Waals surface area contributed by atoms with Crippen LogP contribution in [0.5, 0.6) is 0 Å². The number of carbonyl (C=O) groups excluding carboxylic acids is 1. The molecule has 0 N–H and O–H groups in total. The highest BCUT2D eigenvalue weighted by Crippen LogP contribution is 2.47. The van der Waals surface area contributed by atoms with Gasteiger partial charge in [-0.15, -0.1) is 0 Å². The standard InChI is InChI=1S/C17H17F2N3O3S/c1-8-22-13-9(15(23)11(17(24)25)16(22)26-8)7-10(18)14(12(13)19)21-5-3-20(2)4-6-21/h7-8H,3-6H2,1-2H3,(H,24,25)/p-1. The Labute approximate surface area is 152 Å². The molecule has 1 aromatic heterocycles. The first-order chi connectivity index (χ1) is 12.3. The molecule has 4 rings (SSSR count). The van der Waals surface area contributed by atoms with Crippen LogP contribution in [0.1, 0.15) is 22.7 Å². The van der Waals surface area contributed by atoms with Crippen molar-refractivity contribution in [3.63, 3.8) is 0 Å². The fraction of sp³-hybridized carbons (Fsp3) is 0.412. The number of fused-ring (bicyclic) bond motifs is 3. The summed E-state index contributed by atoms with van der Waals surface area (Å²) >= 11 is 1.15. The van der Waals surface area contributed by atoms with E-state index >= 15 is 4.39 Å². The number of halogens is 2. The van der Waals surface area contributed by atoms with Crippen LogP contribution < -0.4 is 15.4 Å². The lowest BCUT2D eigenvalue weighted by Crippen LogP contribution is -2.45. The summed E-state index contributed by atoms with van der Waals surface area (Å²) in [6.45, 7) is 4.04. The van der Waals surface area contributed by atoms with E-state index in [-0.39, 0.29) is 27.0 Å². The van der Waals surface area contributed by atoms with Gasteiger partial charge in [-0.3, -0.25) is 4.79 Å². The van der Waals surface area contributed by atoms with Crippen molar-refractivity contribution < 1.29 is 18.7 Å². The van der Waals surface area contributed by atoms with Crippen LogP contribution >= 0.6 is 11.8 Å². The number of hydrogen-bond donors (Lipinski definition) is 0. The minimum absolute atomic E-state index is 0.0448. The Morgan fingerprint density at radius 1 is 1.27 bits per heavy atom. The second-order valence-electron chi connectivity index (χ2n) is 6.59. The number of hydrogen-bond acceptors (Lipinski definition) is 6. The van der Waals surface area contributed by atoms with Gasteiger partial charge in [-0.05, 0) is 20.0 Å². The van der Waals surface area contributed by atoms with Crippen LogP contribution in [0.4, 0.5) is 14.5 Å². The number of likely N-dealkylation sites (N-methyl/N-ethyl adjacent to an activating group) is 1. The number of carbonyl (C=O) groups is 1. The molecule has 2 aliphatic rings. The van der Waals surface area contributed by atoms with Crippen molar-refractivity contribution in [2.45, 2.75) is 17.3 Å². The molecule has 1 unspecified atom stereocenters. The summed E-state index contributed by atoms with van der Waals surface area (Å²) in [6, 6.07) is 0.948. The maximum Gasteiger partial charge on any atom is 0.199 e. The first-order valence-corrected chi connectivity index (χ1v) is 9.11. The Bertz CT molecular complexity index is 999. The number of carboxylic acid groups (broad SMARTS) is 1. The maximum absolute atomic E-state index is 15.3. The molecule has 0 saturated carbocycles. The number of aromatic nitrogens is 1. The molecule has 3 heterocycles. The summed E-state index contributed by atoms with van der Waals surface area (Å²) < 4.78 is 31.5. The monoisotopic (exact) mass is 380 g/mol. The van der Waals surface area contributed by atoms with E-state index in [2.05, 4.69) is 4.90 Å². The van der Waals surface area contributed by atoms with E-state index in [0.717, 1.165) is 17.8 Å². The van der Waals surface area contributed by atoms with Crippen LogP contribution in [0.3, 0.4) is 0 Å². The van der Waals surface area contributed by atoms with Crippen LogP contribution in [0.25, 0.3) is 10.9 Å². The normalized spacial score (nSPS) is 20.2. The highest BCUT2D eigenvalue weighted by Gasteiger charge is 2.34. The van der Waals surface area contributed by atoms with Crippen molar-refractivity contribution in [1.82, 2.24) is 9.47 Å². The first kappa shape index (κ1) is 17.3. The molecular formula is C17H16F2N3O3S-. The number of piperazine rings is 1. The molecule has 6 nitrogen and oxygen atoms in total. The molecule has 0 amide bonds. The highest BCUT2D eigenvalue weighted by atomic mass is 32.2. The maximum atomic E-state index is 15.3. The zero-order valence-electron chi connectivity index (χ0n) is 14.2. The van der Waals surface area contributed by atoms with E-state index in [9.17, 15) is 19.1 Å². The van der Waals surface area contributed by atoms with E-state index in [4.69, 9.17) is 0 Å². The summed E-state index contributed by atoms with van der Waals surface area (Å²) in [4.78, 5) is 27.6. The van der Waals surface area contributed by atoms with Crippen molar-refractivity contribution in [1.29, 1.82) is 0 Å². The summed E-state index contributed by atoms with van der Waals surface area (Å²) in [5.41, 5.74) is -1.65. The fourth-order valence-corrected chi connectivity index (χ4v) is 4.72. The molecule has 26 heavy (non-hydrogen) atoms. The largest absolute Gasteiger partial charge is 0.545 e. The Morgan fingerprint density at radius 2 is 1.92 bits per heavy atom. The number of benzene rings is 1.